The minimum Gasteiger partial charge on any atom is -0.508 e. The maximum Gasteiger partial charge on any atom is 0.245 e. The number of pyridine rings is 1. The highest BCUT2D eigenvalue weighted by Gasteiger charge is 2.17. The van der Waals surface area contributed by atoms with Crippen molar-refractivity contribution in [3.8, 4) is 5.75 Å². The zero-order chi connectivity index (χ0) is 26.3. The van der Waals surface area contributed by atoms with Crippen LogP contribution in [0.25, 0.3) is 0 Å². The van der Waals surface area contributed by atoms with E-state index in [1.807, 2.05) is 48.2 Å². The van der Waals surface area contributed by atoms with E-state index >= 15 is 0 Å². The van der Waals surface area contributed by atoms with Gasteiger partial charge in [-0.3, -0.25) is 4.98 Å². The van der Waals surface area contributed by atoms with Gasteiger partial charge < -0.3 is 25.4 Å². The SMILES string of the molecule is Cc1cc(Nc2ccc(/C=N/Nc3ncc(F)c(N4CCOCC4)n3)nc2)cc(Nc2cccc(O)c2)c1. The van der Waals surface area contributed by atoms with Crippen molar-refractivity contribution >= 4 is 40.7 Å². The summed E-state index contributed by atoms with van der Waals surface area (Å²) in [6.45, 7) is 4.21. The normalized spacial score (nSPS) is 13.5. The van der Waals surface area contributed by atoms with Crippen LogP contribution in [0.3, 0.4) is 0 Å². The average molecular weight is 515 g/mol. The number of morpholine rings is 1. The third kappa shape index (κ3) is 6.51. The van der Waals surface area contributed by atoms with E-state index in [0.29, 0.717) is 32.0 Å². The number of hydrogen-bond acceptors (Lipinski definition) is 10. The Kier molecular flexibility index (Phi) is 7.55. The van der Waals surface area contributed by atoms with Gasteiger partial charge in [-0.1, -0.05) is 6.07 Å². The topological polar surface area (TPSA) is 120 Å². The summed E-state index contributed by atoms with van der Waals surface area (Å²) in [4.78, 5) is 14.4. The fraction of sp³-hybridized carbons (Fsp3) is 0.185. The zero-order valence-corrected chi connectivity index (χ0v) is 20.7. The van der Waals surface area contributed by atoms with Crippen LogP contribution in [0.2, 0.25) is 0 Å². The molecule has 1 aliphatic rings. The lowest BCUT2D eigenvalue weighted by Gasteiger charge is -2.27. The first-order valence-corrected chi connectivity index (χ1v) is 12.1. The molecule has 0 atom stereocenters. The Hall–Kier alpha value is -4.77. The van der Waals surface area contributed by atoms with Gasteiger partial charge in [-0.25, -0.2) is 14.8 Å². The standard InChI is InChI=1S/C27H27FN8O2/c1-18-11-22(32-19-3-2-4-24(37)14-19)13-23(12-18)33-21-6-5-20(29-15-21)16-31-35-27-30-17-25(28)26(34-27)36-7-9-38-10-8-36/h2-6,11-17,32-33,37H,7-10H2,1H3,(H,30,34,35)/b31-16+. The van der Waals surface area contributed by atoms with Crippen molar-refractivity contribution in [3.05, 3.63) is 84.1 Å². The molecule has 3 heterocycles. The molecule has 38 heavy (non-hydrogen) atoms. The maximum atomic E-state index is 14.2. The van der Waals surface area contributed by atoms with Crippen LogP contribution in [-0.4, -0.2) is 52.6 Å². The van der Waals surface area contributed by atoms with Crippen LogP contribution < -0.4 is 21.0 Å². The van der Waals surface area contributed by atoms with Crippen molar-refractivity contribution in [2.45, 2.75) is 6.92 Å². The largest absolute Gasteiger partial charge is 0.508 e. The van der Waals surface area contributed by atoms with Gasteiger partial charge in [0.15, 0.2) is 11.6 Å². The van der Waals surface area contributed by atoms with Crippen LogP contribution in [0.15, 0.2) is 72.1 Å². The number of rotatable bonds is 8. The van der Waals surface area contributed by atoms with E-state index in [1.165, 1.54) is 6.21 Å². The molecule has 4 aromatic rings. The molecule has 0 unspecified atom stereocenters. The summed E-state index contributed by atoms with van der Waals surface area (Å²) in [5.41, 5.74) is 7.81. The van der Waals surface area contributed by atoms with Gasteiger partial charge in [0.25, 0.3) is 0 Å². The highest BCUT2D eigenvalue weighted by atomic mass is 19.1. The van der Waals surface area contributed by atoms with Crippen molar-refractivity contribution in [1.29, 1.82) is 0 Å². The number of benzene rings is 2. The summed E-state index contributed by atoms with van der Waals surface area (Å²) in [6.07, 6.45) is 4.37. The van der Waals surface area contributed by atoms with Crippen molar-refractivity contribution in [2.24, 2.45) is 5.10 Å². The predicted molar refractivity (Wildman–Crippen MR) is 146 cm³/mol. The Morgan fingerprint density at radius 3 is 2.47 bits per heavy atom. The minimum absolute atomic E-state index is 0.192. The molecule has 194 valence electrons. The second-order valence-corrected chi connectivity index (χ2v) is 8.69. The quantitative estimate of drug-likeness (QED) is 0.194. The van der Waals surface area contributed by atoms with Crippen LogP contribution in [0.1, 0.15) is 11.3 Å². The van der Waals surface area contributed by atoms with Crippen molar-refractivity contribution < 1.29 is 14.2 Å². The molecule has 4 N–H and O–H groups in total. The third-order valence-electron chi connectivity index (χ3n) is 5.68. The smallest absolute Gasteiger partial charge is 0.245 e. The summed E-state index contributed by atoms with van der Waals surface area (Å²) in [5.74, 6) is 0.138. The van der Waals surface area contributed by atoms with Gasteiger partial charge in [0.05, 0.1) is 43.2 Å². The van der Waals surface area contributed by atoms with Gasteiger partial charge in [-0.05, 0) is 55.0 Å². The number of aromatic hydroxyl groups is 1. The highest BCUT2D eigenvalue weighted by molar-refractivity contribution is 5.78. The molecule has 2 aromatic carbocycles. The van der Waals surface area contributed by atoms with E-state index in [0.717, 1.165) is 34.5 Å². The number of aryl methyl sites for hydroxylation is 1. The average Bonchev–Trinajstić information content (AvgIpc) is 2.91. The second kappa shape index (κ2) is 11.5. The first-order valence-electron chi connectivity index (χ1n) is 12.1. The lowest BCUT2D eigenvalue weighted by atomic mass is 10.1. The van der Waals surface area contributed by atoms with Crippen LogP contribution in [0.5, 0.6) is 5.75 Å². The summed E-state index contributed by atoms with van der Waals surface area (Å²) in [7, 11) is 0. The number of anilines is 6. The summed E-state index contributed by atoms with van der Waals surface area (Å²) >= 11 is 0. The number of phenols is 1. The number of hydrogen-bond donors (Lipinski definition) is 4. The number of hydrazone groups is 1. The number of aromatic nitrogens is 3. The fourth-order valence-corrected chi connectivity index (χ4v) is 3.97. The Labute approximate surface area is 219 Å². The summed E-state index contributed by atoms with van der Waals surface area (Å²) in [5, 5.41) is 20.5. The zero-order valence-electron chi connectivity index (χ0n) is 20.7. The number of ether oxygens (including phenoxy) is 1. The predicted octanol–water partition coefficient (Wildman–Crippen LogP) is 4.79. The molecule has 0 saturated carbocycles. The molecule has 11 heteroatoms. The third-order valence-corrected chi connectivity index (χ3v) is 5.68. The van der Waals surface area contributed by atoms with Crippen LogP contribution in [0.4, 0.5) is 38.9 Å². The van der Waals surface area contributed by atoms with Crippen molar-refractivity contribution in [3.63, 3.8) is 0 Å². The maximum absolute atomic E-state index is 14.2. The number of nitrogens with one attached hydrogen (secondary N) is 3. The first kappa shape index (κ1) is 24.9. The fourth-order valence-electron chi connectivity index (χ4n) is 3.97. The first-order chi connectivity index (χ1) is 18.5. The molecule has 0 aliphatic carbocycles. The van der Waals surface area contributed by atoms with Gasteiger partial charge >= 0.3 is 0 Å². The molecule has 1 saturated heterocycles. The molecule has 1 fully saturated rings. The molecule has 0 bridgehead atoms. The van der Waals surface area contributed by atoms with Gasteiger partial charge in [-0.15, -0.1) is 0 Å². The van der Waals surface area contributed by atoms with Gasteiger partial charge in [-0.2, -0.15) is 10.1 Å². The molecule has 0 spiro atoms. The molecule has 0 amide bonds. The van der Waals surface area contributed by atoms with Crippen LogP contribution in [-0.2, 0) is 4.74 Å². The Bertz CT molecular complexity index is 1430. The molecular weight excluding hydrogens is 487 g/mol. The Balaban J connectivity index is 1.20. The molecule has 5 rings (SSSR count). The Morgan fingerprint density at radius 1 is 0.947 bits per heavy atom. The van der Waals surface area contributed by atoms with Crippen molar-refractivity contribution in [2.75, 3.05) is 47.3 Å². The monoisotopic (exact) mass is 514 g/mol. The van der Waals surface area contributed by atoms with Crippen molar-refractivity contribution in [1.82, 2.24) is 15.0 Å². The summed E-state index contributed by atoms with van der Waals surface area (Å²) < 4.78 is 19.5. The highest BCUT2D eigenvalue weighted by Crippen LogP contribution is 2.26. The minimum atomic E-state index is -0.484. The van der Waals surface area contributed by atoms with Gasteiger partial charge in [0, 0.05) is 36.2 Å². The van der Waals surface area contributed by atoms with Gasteiger partial charge in [0.1, 0.15) is 5.75 Å². The number of halogens is 1. The van der Waals surface area contributed by atoms with E-state index in [-0.39, 0.29) is 17.5 Å². The molecule has 1 aliphatic heterocycles. The van der Waals surface area contributed by atoms with Crippen LogP contribution in [0, 0.1) is 12.7 Å². The molecule has 0 radical (unpaired) electrons. The molecule has 10 nitrogen and oxygen atoms in total. The van der Waals surface area contributed by atoms with Gasteiger partial charge in [0.2, 0.25) is 5.95 Å². The van der Waals surface area contributed by atoms with E-state index in [9.17, 15) is 9.50 Å². The van der Waals surface area contributed by atoms with E-state index < -0.39 is 5.82 Å². The van der Waals surface area contributed by atoms with E-state index in [2.05, 4.69) is 36.1 Å². The van der Waals surface area contributed by atoms with Crippen LogP contribution >= 0.6 is 0 Å². The second-order valence-electron chi connectivity index (χ2n) is 8.69. The van der Waals surface area contributed by atoms with E-state index in [4.69, 9.17) is 4.74 Å². The lowest BCUT2D eigenvalue weighted by Crippen LogP contribution is -2.37. The van der Waals surface area contributed by atoms with E-state index in [1.54, 1.807) is 24.4 Å². The Morgan fingerprint density at radius 2 is 1.74 bits per heavy atom. The summed E-state index contributed by atoms with van der Waals surface area (Å²) in [6, 6.07) is 16.7. The lowest BCUT2D eigenvalue weighted by molar-refractivity contribution is 0.122. The number of phenolic OH excluding ortho intramolecular Hbond substituents is 1. The molecular formula is C27H27FN8O2. The molecule has 2 aromatic heterocycles. The number of nitrogens with zero attached hydrogens (tertiary/aromatic N) is 5.